The van der Waals surface area contributed by atoms with E-state index in [1.165, 1.54) is 99.0 Å². The number of rotatable bonds is 14. The maximum absolute atomic E-state index is 2.36. The van der Waals surface area contributed by atoms with Gasteiger partial charge in [-0.05, 0) is 175 Å². The van der Waals surface area contributed by atoms with E-state index < -0.39 is 0 Å². The SMILES string of the molecule is CN(c1ccc(-c2ccc(N(c3ccc(-c4ccccc4)cc3)c3cccc4ccccc34)cc2)cc1)c1ccc2ccccc2c1.CN(c1ccc(-c2ccc(N(c3ccc(-c4ccccc4)cc3)c3cccc4ccccc34)cc2)cc1)c1cccc2ccccc12. The number of benzene rings is 16. The molecule has 16 aromatic rings. The van der Waals surface area contributed by atoms with Crippen molar-refractivity contribution >= 4 is 100.0 Å². The minimum Gasteiger partial charge on any atom is -0.345 e. The molecule has 0 saturated heterocycles. The highest BCUT2D eigenvalue weighted by atomic mass is 15.2. The van der Waals surface area contributed by atoms with Crippen LogP contribution in [0.15, 0.2) is 376 Å². The molecule has 0 amide bonds. The highest BCUT2D eigenvalue weighted by Gasteiger charge is 2.19. The van der Waals surface area contributed by atoms with Crippen molar-refractivity contribution in [1.82, 2.24) is 0 Å². The lowest BCUT2D eigenvalue weighted by molar-refractivity contribution is 1.21. The van der Waals surface area contributed by atoms with Crippen molar-refractivity contribution in [2.45, 2.75) is 0 Å². The zero-order valence-electron chi connectivity index (χ0n) is 52.6. The predicted octanol–water partition coefficient (Wildman–Crippen LogP) is 25.1. The van der Waals surface area contributed by atoms with Crippen molar-refractivity contribution in [2.24, 2.45) is 0 Å². The van der Waals surface area contributed by atoms with Crippen LogP contribution >= 0.6 is 0 Å². The summed E-state index contributed by atoms with van der Waals surface area (Å²) >= 11 is 0. The van der Waals surface area contributed by atoms with Crippen LogP contribution in [-0.4, -0.2) is 14.1 Å². The molecule has 0 N–H and O–H groups in total. The lowest BCUT2D eigenvalue weighted by Crippen LogP contribution is -2.10. The first kappa shape index (κ1) is 58.2. The van der Waals surface area contributed by atoms with Crippen LogP contribution in [0.3, 0.4) is 0 Å². The Kier molecular flexibility index (Phi) is 16.3. The lowest BCUT2D eigenvalue weighted by atomic mass is 10.0. The van der Waals surface area contributed by atoms with Crippen LogP contribution in [0, 0.1) is 0 Å². The Balaban J connectivity index is 0.000000155. The van der Waals surface area contributed by atoms with Gasteiger partial charge in [-0.15, -0.1) is 0 Å². The van der Waals surface area contributed by atoms with Gasteiger partial charge in [0.15, 0.2) is 0 Å². The molecule has 0 spiro atoms. The predicted molar refractivity (Wildman–Crippen MR) is 403 cm³/mol. The first-order chi connectivity index (χ1) is 46.4. The quantitative estimate of drug-likeness (QED) is 0.108. The van der Waals surface area contributed by atoms with E-state index in [9.17, 15) is 0 Å². The summed E-state index contributed by atoms with van der Waals surface area (Å²) < 4.78 is 0. The fourth-order valence-corrected chi connectivity index (χ4v) is 13.1. The van der Waals surface area contributed by atoms with Gasteiger partial charge in [0.25, 0.3) is 0 Å². The number of fused-ring (bicyclic) bond motifs is 4. The van der Waals surface area contributed by atoms with Gasteiger partial charge in [0, 0.05) is 75.8 Å². The van der Waals surface area contributed by atoms with Crippen LogP contribution in [0.1, 0.15) is 0 Å². The van der Waals surface area contributed by atoms with E-state index in [1.807, 2.05) is 0 Å². The second kappa shape index (κ2) is 26.3. The van der Waals surface area contributed by atoms with Crippen molar-refractivity contribution < 1.29 is 0 Å². The molecule has 0 fully saturated rings. The summed E-state index contributed by atoms with van der Waals surface area (Å²) in [4.78, 5) is 9.23. The molecule has 16 rings (SSSR count). The zero-order valence-corrected chi connectivity index (χ0v) is 52.6. The Bertz CT molecular complexity index is 5220. The van der Waals surface area contributed by atoms with Crippen LogP contribution in [0.2, 0.25) is 0 Å². The monoisotopic (exact) mass is 1200 g/mol. The summed E-state index contributed by atoms with van der Waals surface area (Å²) in [7, 11) is 4.27. The molecule has 0 radical (unpaired) electrons. The third-order valence-corrected chi connectivity index (χ3v) is 18.2. The molecule has 0 saturated carbocycles. The Morgan fingerprint density at radius 1 is 0.160 bits per heavy atom. The smallest absolute Gasteiger partial charge is 0.0540 e. The summed E-state index contributed by atoms with van der Waals surface area (Å²) in [5.74, 6) is 0. The standard InChI is InChI=1S/2C45H34N2/c1-46(44-19-9-15-37-13-5-7-17-42(37)44)39-27-21-35(22-28-39)36-25-31-41(32-26-36)47(45-20-10-16-38-14-6-8-18-43(38)45)40-29-23-34(24-30-40)33-11-3-2-4-12-33;1-46(43-31-24-34-12-5-6-14-39(34)32-43)40-25-18-36(19-26-40)37-22-29-42(30-23-37)47(45-17-9-15-38-13-7-8-16-44(38)45)41-27-20-35(21-28-41)33-10-3-2-4-11-33/h2*2-32H,1H3. The van der Waals surface area contributed by atoms with Gasteiger partial charge >= 0.3 is 0 Å². The molecule has 4 heteroatoms. The highest BCUT2D eigenvalue weighted by molar-refractivity contribution is 6.01. The normalized spacial score (nSPS) is 11.1. The van der Waals surface area contributed by atoms with Gasteiger partial charge in [0.2, 0.25) is 0 Å². The van der Waals surface area contributed by atoms with Gasteiger partial charge in [-0.1, -0.05) is 273 Å². The summed E-state index contributed by atoms with van der Waals surface area (Å²) in [5.41, 5.74) is 21.1. The first-order valence-electron chi connectivity index (χ1n) is 32.2. The lowest BCUT2D eigenvalue weighted by Gasteiger charge is -2.27. The average Bonchev–Trinajstić information content (AvgIpc) is 1.88. The summed E-state index contributed by atoms with van der Waals surface area (Å²) in [6.07, 6.45) is 0. The highest BCUT2D eigenvalue weighted by Crippen LogP contribution is 2.43. The van der Waals surface area contributed by atoms with Crippen LogP contribution in [0.4, 0.5) is 56.9 Å². The molecule has 0 aromatic heterocycles. The minimum atomic E-state index is 1.12. The Hall–Kier alpha value is -12.2. The van der Waals surface area contributed by atoms with E-state index in [2.05, 4.69) is 410 Å². The van der Waals surface area contributed by atoms with E-state index in [0.29, 0.717) is 0 Å². The molecular formula is C90H68N4. The minimum absolute atomic E-state index is 1.12. The molecule has 0 heterocycles. The molecule has 0 aliphatic heterocycles. The Morgan fingerprint density at radius 3 is 0.787 bits per heavy atom. The number of nitrogens with zero attached hydrogens (tertiary/aromatic N) is 4. The van der Waals surface area contributed by atoms with E-state index in [0.717, 1.165) is 45.5 Å². The number of hydrogen-bond acceptors (Lipinski definition) is 4. The number of hydrogen-bond donors (Lipinski definition) is 0. The maximum Gasteiger partial charge on any atom is 0.0540 e. The molecule has 94 heavy (non-hydrogen) atoms. The van der Waals surface area contributed by atoms with Gasteiger partial charge in [-0.3, -0.25) is 0 Å². The van der Waals surface area contributed by atoms with Crippen molar-refractivity contribution in [3.05, 3.63) is 376 Å². The molecule has 0 atom stereocenters. The third kappa shape index (κ3) is 12.0. The fourth-order valence-electron chi connectivity index (χ4n) is 13.1. The topological polar surface area (TPSA) is 13.0 Å². The summed E-state index contributed by atoms with van der Waals surface area (Å²) in [6, 6.07) is 135. The van der Waals surface area contributed by atoms with Crippen molar-refractivity contribution in [3.63, 3.8) is 0 Å². The van der Waals surface area contributed by atoms with Gasteiger partial charge < -0.3 is 19.6 Å². The molecule has 0 bridgehead atoms. The second-order valence-electron chi connectivity index (χ2n) is 23.8. The molecule has 0 aliphatic rings. The molecule has 16 aromatic carbocycles. The number of anilines is 10. The van der Waals surface area contributed by atoms with E-state index in [1.54, 1.807) is 0 Å². The van der Waals surface area contributed by atoms with Crippen molar-refractivity contribution in [1.29, 1.82) is 0 Å². The zero-order chi connectivity index (χ0) is 63.2. The van der Waals surface area contributed by atoms with Crippen LogP contribution in [-0.2, 0) is 0 Å². The van der Waals surface area contributed by atoms with Crippen molar-refractivity contribution in [3.8, 4) is 44.5 Å². The largest absolute Gasteiger partial charge is 0.345 e. The van der Waals surface area contributed by atoms with E-state index in [-0.39, 0.29) is 0 Å². The van der Waals surface area contributed by atoms with E-state index >= 15 is 0 Å². The second-order valence-corrected chi connectivity index (χ2v) is 23.8. The molecule has 448 valence electrons. The van der Waals surface area contributed by atoms with Gasteiger partial charge in [0.05, 0.1) is 11.4 Å². The summed E-state index contributed by atoms with van der Waals surface area (Å²) in [5, 5.41) is 9.89. The van der Waals surface area contributed by atoms with Gasteiger partial charge in [-0.2, -0.15) is 0 Å². The third-order valence-electron chi connectivity index (χ3n) is 18.2. The van der Waals surface area contributed by atoms with Crippen LogP contribution < -0.4 is 19.6 Å². The fraction of sp³-hybridized carbons (Fsp3) is 0.0222. The van der Waals surface area contributed by atoms with E-state index in [4.69, 9.17) is 0 Å². The first-order valence-corrected chi connectivity index (χ1v) is 32.2. The van der Waals surface area contributed by atoms with Crippen LogP contribution in [0.25, 0.3) is 87.6 Å². The maximum atomic E-state index is 2.36. The average molecular weight is 1210 g/mol. The molecule has 0 aliphatic carbocycles. The van der Waals surface area contributed by atoms with Gasteiger partial charge in [-0.25, -0.2) is 0 Å². The Labute approximate surface area is 551 Å². The summed E-state index contributed by atoms with van der Waals surface area (Å²) in [6.45, 7) is 0. The van der Waals surface area contributed by atoms with Crippen LogP contribution in [0.5, 0.6) is 0 Å². The molecule has 4 nitrogen and oxygen atoms in total. The van der Waals surface area contributed by atoms with Gasteiger partial charge in [0.1, 0.15) is 0 Å². The molecule has 0 unspecified atom stereocenters. The van der Waals surface area contributed by atoms with Crippen molar-refractivity contribution in [2.75, 3.05) is 33.7 Å². The molecular weight excluding hydrogens is 1140 g/mol. The Morgan fingerprint density at radius 2 is 0.415 bits per heavy atom.